The number of hydrogen-bond donors (Lipinski definition) is 2. The van der Waals surface area contributed by atoms with Crippen LogP contribution in [0.2, 0.25) is 0 Å². The van der Waals surface area contributed by atoms with Crippen LogP contribution in [0.15, 0.2) is 0 Å². The maximum atomic E-state index is 12.1. The molecule has 0 aliphatic carbocycles. The highest BCUT2D eigenvalue weighted by molar-refractivity contribution is 5.86. The summed E-state index contributed by atoms with van der Waals surface area (Å²) in [6.07, 6.45) is 4.37. The Hall–Kier alpha value is -1.26. The summed E-state index contributed by atoms with van der Waals surface area (Å²) in [4.78, 5) is 24.8. The molecule has 5 heteroatoms. The van der Waals surface area contributed by atoms with Crippen LogP contribution in [0.4, 0.5) is 4.79 Å². The first-order valence-corrected chi connectivity index (χ1v) is 6.73. The molecule has 1 fully saturated rings. The minimum absolute atomic E-state index is 0.0936. The zero-order chi connectivity index (χ0) is 13.8. The lowest BCUT2D eigenvalue weighted by atomic mass is 10.00. The molecule has 5 nitrogen and oxygen atoms in total. The Balaban J connectivity index is 2.58. The number of nitrogens with one attached hydrogen (secondary N) is 1. The van der Waals surface area contributed by atoms with E-state index in [2.05, 4.69) is 12.2 Å². The van der Waals surface area contributed by atoms with Crippen LogP contribution in [0.25, 0.3) is 0 Å². The minimum atomic E-state index is -1.05. The number of carboxylic acid groups (broad SMARTS) is 1. The van der Waals surface area contributed by atoms with Crippen molar-refractivity contribution >= 4 is 12.0 Å². The van der Waals surface area contributed by atoms with Gasteiger partial charge in [0.1, 0.15) is 5.54 Å². The van der Waals surface area contributed by atoms with E-state index in [0.29, 0.717) is 13.0 Å². The second-order valence-electron chi connectivity index (χ2n) is 5.33. The summed E-state index contributed by atoms with van der Waals surface area (Å²) in [5.41, 5.74) is -1.05. The van der Waals surface area contributed by atoms with Gasteiger partial charge in [0.05, 0.1) is 0 Å². The maximum absolute atomic E-state index is 12.1. The van der Waals surface area contributed by atoms with Crippen molar-refractivity contribution in [3.63, 3.8) is 0 Å². The second kappa shape index (κ2) is 6.07. The van der Waals surface area contributed by atoms with Gasteiger partial charge in [-0.25, -0.2) is 9.59 Å². The van der Waals surface area contributed by atoms with Crippen LogP contribution in [-0.4, -0.2) is 40.1 Å². The largest absolute Gasteiger partial charge is 0.480 e. The van der Waals surface area contributed by atoms with Crippen LogP contribution in [0, 0.1) is 0 Å². The number of likely N-dealkylation sites (tertiary alicyclic amines) is 1. The van der Waals surface area contributed by atoms with Gasteiger partial charge in [0.15, 0.2) is 0 Å². The van der Waals surface area contributed by atoms with Gasteiger partial charge < -0.3 is 15.3 Å². The molecule has 0 aromatic rings. The molecule has 0 saturated carbocycles. The van der Waals surface area contributed by atoms with Crippen LogP contribution in [0.1, 0.15) is 52.9 Å². The van der Waals surface area contributed by atoms with Crippen LogP contribution in [0.3, 0.4) is 0 Å². The number of carboxylic acids is 1. The molecule has 1 heterocycles. The zero-order valence-electron chi connectivity index (χ0n) is 11.5. The summed E-state index contributed by atoms with van der Waals surface area (Å²) >= 11 is 0. The van der Waals surface area contributed by atoms with Crippen LogP contribution in [0.5, 0.6) is 0 Å². The average Bonchev–Trinajstić information content (AvgIpc) is 2.70. The number of carbonyl (C=O) groups is 2. The molecule has 0 spiro atoms. The molecule has 0 aromatic heterocycles. The fourth-order valence-electron chi connectivity index (χ4n) is 2.38. The molecule has 0 bridgehead atoms. The summed E-state index contributed by atoms with van der Waals surface area (Å²) in [5.74, 6) is -0.920. The Bertz CT molecular complexity index is 319. The first kappa shape index (κ1) is 14.8. The molecule has 2 N–H and O–H groups in total. The molecule has 1 aliphatic rings. The van der Waals surface area contributed by atoms with Crippen molar-refractivity contribution in [3.05, 3.63) is 0 Å². The van der Waals surface area contributed by atoms with Crippen molar-refractivity contribution in [1.29, 1.82) is 0 Å². The van der Waals surface area contributed by atoms with Gasteiger partial charge in [0.2, 0.25) is 0 Å². The van der Waals surface area contributed by atoms with E-state index in [-0.39, 0.29) is 12.1 Å². The first-order valence-electron chi connectivity index (χ1n) is 6.73. The van der Waals surface area contributed by atoms with E-state index in [1.807, 2.05) is 6.92 Å². The second-order valence-corrected chi connectivity index (χ2v) is 5.33. The van der Waals surface area contributed by atoms with Crippen LogP contribution < -0.4 is 5.32 Å². The summed E-state index contributed by atoms with van der Waals surface area (Å²) in [6.45, 7) is 6.21. The number of carbonyl (C=O) groups excluding carboxylic acids is 1. The van der Waals surface area contributed by atoms with Gasteiger partial charge in [0.25, 0.3) is 0 Å². The number of hydrogen-bond acceptors (Lipinski definition) is 2. The van der Waals surface area contributed by atoms with Crippen molar-refractivity contribution < 1.29 is 14.7 Å². The van der Waals surface area contributed by atoms with Gasteiger partial charge in [0, 0.05) is 12.6 Å². The SMILES string of the molecule is CCCCC(C)NC(=O)N1CCCC1(C)C(=O)O. The Morgan fingerprint density at radius 3 is 2.72 bits per heavy atom. The predicted molar refractivity (Wildman–Crippen MR) is 69.5 cm³/mol. The molecule has 104 valence electrons. The monoisotopic (exact) mass is 256 g/mol. The molecule has 18 heavy (non-hydrogen) atoms. The standard InChI is InChI=1S/C13H24N2O3/c1-4-5-7-10(2)14-12(18)15-9-6-8-13(15,3)11(16)17/h10H,4-9H2,1-3H3,(H,14,18)(H,16,17). The van der Waals surface area contributed by atoms with Crippen molar-refractivity contribution in [3.8, 4) is 0 Å². The molecule has 0 aromatic carbocycles. The lowest BCUT2D eigenvalue weighted by molar-refractivity contribution is -0.147. The number of rotatable bonds is 5. The fraction of sp³-hybridized carbons (Fsp3) is 0.846. The zero-order valence-corrected chi connectivity index (χ0v) is 11.5. The first-order chi connectivity index (χ1) is 8.41. The molecule has 1 saturated heterocycles. The van der Waals surface area contributed by atoms with E-state index >= 15 is 0 Å². The summed E-state index contributed by atoms with van der Waals surface area (Å²) in [7, 11) is 0. The van der Waals surface area contributed by atoms with Crippen LogP contribution >= 0.6 is 0 Å². The molecular weight excluding hydrogens is 232 g/mol. The average molecular weight is 256 g/mol. The van der Waals surface area contributed by atoms with E-state index < -0.39 is 11.5 Å². The number of urea groups is 1. The number of nitrogens with zero attached hydrogens (tertiary/aromatic N) is 1. The Kier molecular flexibility index (Phi) is 4.99. The van der Waals surface area contributed by atoms with Gasteiger partial charge in [-0.15, -0.1) is 0 Å². The van der Waals surface area contributed by atoms with E-state index in [4.69, 9.17) is 0 Å². The highest BCUT2D eigenvalue weighted by Gasteiger charge is 2.46. The molecule has 2 atom stereocenters. The third-order valence-corrected chi connectivity index (χ3v) is 3.71. The fourth-order valence-corrected chi connectivity index (χ4v) is 2.38. The van der Waals surface area contributed by atoms with Gasteiger partial charge in [-0.2, -0.15) is 0 Å². The summed E-state index contributed by atoms with van der Waals surface area (Å²) in [6, 6.07) is -0.155. The van der Waals surface area contributed by atoms with Gasteiger partial charge in [-0.05, 0) is 33.1 Å². The normalized spacial score (nSPS) is 24.9. The highest BCUT2D eigenvalue weighted by atomic mass is 16.4. The smallest absolute Gasteiger partial charge is 0.329 e. The lowest BCUT2D eigenvalue weighted by Crippen LogP contribution is -2.55. The van der Waals surface area contributed by atoms with Crippen LogP contribution in [-0.2, 0) is 4.79 Å². The van der Waals surface area contributed by atoms with E-state index in [0.717, 1.165) is 25.7 Å². The van der Waals surface area contributed by atoms with Crippen molar-refractivity contribution in [1.82, 2.24) is 10.2 Å². The maximum Gasteiger partial charge on any atom is 0.329 e. The quantitative estimate of drug-likeness (QED) is 0.792. The molecule has 2 amide bonds. The van der Waals surface area contributed by atoms with E-state index in [9.17, 15) is 14.7 Å². The topological polar surface area (TPSA) is 69.6 Å². The van der Waals surface area contributed by atoms with Gasteiger partial charge in [-0.3, -0.25) is 0 Å². The molecule has 1 aliphatic heterocycles. The molecule has 1 rings (SSSR count). The van der Waals surface area contributed by atoms with E-state index in [1.54, 1.807) is 6.92 Å². The Morgan fingerprint density at radius 1 is 1.50 bits per heavy atom. The molecule has 0 radical (unpaired) electrons. The third kappa shape index (κ3) is 3.15. The van der Waals surface area contributed by atoms with Crippen molar-refractivity contribution in [2.45, 2.75) is 64.5 Å². The number of amides is 2. The van der Waals surface area contributed by atoms with Crippen molar-refractivity contribution in [2.24, 2.45) is 0 Å². The lowest BCUT2D eigenvalue weighted by Gasteiger charge is -2.32. The Morgan fingerprint density at radius 2 is 2.17 bits per heavy atom. The van der Waals surface area contributed by atoms with E-state index in [1.165, 1.54) is 4.90 Å². The predicted octanol–water partition coefficient (Wildman–Crippen LogP) is 2.21. The molecule has 2 unspecified atom stereocenters. The number of unbranched alkanes of at least 4 members (excludes halogenated alkanes) is 1. The van der Waals surface area contributed by atoms with Gasteiger partial charge in [-0.1, -0.05) is 19.8 Å². The van der Waals surface area contributed by atoms with Crippen molar-refractivity contribution in [2.75, 3.05) is 6.54 Å². The minimum Gasteiger partial charge on any atom is -0.480 e. The highest BCUT2D eigenvalue weighted by Crippen LogP contribution is 2.29. The molecular formula is C13H24N2O3. The van der Waals surface area contributed by atoms with Gasteiger partial charge >= 0.3 is 12.0 Å². The number of aliphatic carboxylic acids is 1. The summed E-state index contributed by atoms with van der Waals surface area (Å²) < 4.78 is 0. The Labute approximate surface area is 109 Å². The third-order valence-electron chi connectivity index (χ3n) is 3.71. The summed E-state index contributed by atoms with van der Waals surface area (Å²) in [5, 5.41) is 12.1.